The summed E-state index contributed by atoms with van der Waals surface area (Å²) >= 11 is 0. The first-order chi connectivity index (χ1) is 14.7. The number of amides is 1. The highest BCUT2D eigenvalue weighted by atomic mass is 32.2. The largest absolute Gasteiger partial charge is 0.279 e. The molecule has 0 aliphatic rings. The molecule has 0 atom stereocenters. The maximum absolute atomic E-state index is 13.1. The van der Waals surface area contributed by atoms with Crippen molar-refractivity contribution in [2.24, 2.45) is 0 Å². The van der Waals surface area contributed by atoms with Crippen LogP contribution in [0.4, 0.5) is 5.69 Å². The fourth-order valence-electron chi connectivity index (χ4n) is 3.48. The Morgan fingerprint density at radius 1 is 0.871 bits per heavy atom. The molecule has 6 nitrogen and oxygen atoms in total. The van der Waals surface area contributed by atoms with E-state index in [1.54, 1.807) is 32.9 Å². The van der Waals surface area contributed by atoms with Gasteiger partial charge in [0.1, 0.15) is 0 Å². The lowest BCUT2D eigenvalue weighted by molar-refractivity contribution is 0.0233. The Kier molecular flexibility index (Phi) is 6.77. The van der Waals surface area contributed by atoms with Crippen molar-refractivity contribution in [3.05, 3.63) is 94.0 Å². The summed E-state index contributed by atoms with van der Waals surface area (Å²) < 4.78 is 28.8. The molecular weight excluding hydrogens is 412 g/mol. The predicted molar refractivity (Wildman–Crippen MR) is 121 cm³/mol. The zero-order valence-electron chi connectivity index (χ0n) is 18.0. The minimum atomic E-state index is -3.82. The molecule has 0 fully saturated rings. The summed E-state index contributed by atoms with van der Waals surface area (Å²) in [6.07, 6.45) is 0. The van der Waals surface area contributed by atoms with Gasteiger partial charge in [-0.15, -0.1) is 0 Å². The van der Waals surface area contributed by atoms with Crippen LogP contribution >= 0.6 is 0 Å². The minimum Gasteiger partial charge on any atom is -0.279 e. The molecule has 162 valence electrons. The molecular formula is C24H26N2O4S. The normalized spacial score (nSPS) is 11.2. The predicted octanol–water partition coefficient (Wildman–Crippen LogP) is 4.58. The van der Waals surface area contributed by atoms with Crippen molar-refractivity contribution >= 4 is 21.6 Å². The van der Waals surface area contributed by atoms with Crippen LogP contribution in [0.5, 0.6) is 0 Å². The van der Waals surface area contributed by atoms with Gasteiger partial charge in [-0.25, -0.2) is 13.9 Å². The Labute approximate surface area is 183 Å². The number of rotatable bonds is 7. The number of benzene rings is 3. The van der Waals surface area contributed by atoms with Crippen molar-refractivity contribution in [3.8, 4) is 0 Å². The van der Waals surface area contributed by atoms with Gasteiger partial charge in [0.05, 0.1) is 17.2 Å². The third-order valence-corrected chi connectivity index (χ3v) is 6.53. The highest BCUT2D eigenvalue weighted by Gasteiger charge is 2.21. The smallest absolute Gasteiger partial charge is 0.274 e. The average Bonchev–Trinajstić information content (AvgIpc) is 2.69. The maximum atomic E-state index is 13.1. The molecule has 0 radical (unpaired) electrons. The molecule has 3 rings (SSSR count). The van der Waals surface area contributed by atoms with E-state index in [-0.39, 0.29) is 17.1 Å². The van der Waals surface area contributed by atoms with Gasteiger partial charge in [-0.1, -0.05) is 54.1 Å². The number of aryl methyl sites for hydroxylation is 4. The Balaban J connectivity index is 1.77. The molecule has 0 aromatic heterocycles. The second kappa shape index (κ2) is 9.32. The zero-order valence-corrected chi connectivity index (χ0v) is 18.8. The fourth-order valence-corrected chi connectivity index (χ4v) is 5.05. The van der Waals surface area contributed by atoms with E-state index >= 15 is 0 Å². The van der Waals surface area contributed by atoms with Gasteiger partial charge in [0.25, 0.3) is 15.9 Å². The number of hydrogen-bond acceptors (Lipinski definition) is 4. The molecule has 3 aromatic carbocycles. The summed E-state index contributed by atoms with van der Waals surface area (Å²) in [7, 11) is -3.82. The molecule has 3 aromatic rings. The maximum Gasteiger partial charge on any atom is 0.274 e. The van der Waals surface area contributed by atoms with E-state index < -0.39 is 15.9 Å². The quantitative estimate of drug-likeness (QED) is 0.529. The minimum absolute atomic E-state index is 0.226. The summed E-state index contributed by atoms with van der Waals surface area (Å²) in [6.45, 7) is 7.48. The summed E-state index contributed by atoms with van der Waals surface area (Å²) in [5, 5.41) is 0. The van der Waals surface area contributed by atoms with Crippen LogP contribution < -0.4 is 10.2 Å². The molecule has 0 saturated carbocycles. The lowest BCUT2D eigenvalue weighted by Crippen LogP contribution is -2.24. The Morgan fingerprint density at radius 3 is 2.16 bits per heavy atom. The number of carbonyl (C=O) groups is 1. The first-order valence-corrected chi connectivity index (χ1v) is 11.3. The molecule has 0 heterocycles. The van der Waals surface area contributed by atoms with Gasteiger partial charge in [-0.2, -0.15) is 0 Å². The summed E-state index contributed by atoms with van der Waals surface area (Å²) in [4.78, 5) is 18.0. The summed E-state index contributed by atoms with van der Waals surface area (Å²) in [5.74, 6) is -0.459. The third kappa shape index (κ3) is 5.51. The van der Waals surface area contributed by atoms with Crippen LogP contribution in [0.1, 0.15) is 38.2 Å². The summed E-state index contributed by atoms with van der Waals surface area (Å²) in [6, 6.07) is 17.9. The Morgan fingerprint density at radius 2 is 1.52 bits per heavy atom. The van der Waals surface area contributed by atoms with E-state index in [9.17, 15) is 13.2 Å². The highest BCUT2D eigenvalue weighted by molar-refractivity contribution is 7.92. The van der Waals surface area contributed by atoms with Gasteiger partial charge in [0.2, 0.25) is 0 Å². The molecule has 31 heavy (non-hydrogen) atoms. The zero-order chi connectivity index (χ0) is 22.6. The summed E-state index contributed by atoms with van der Waals surface area (Å²) in [5.41, 5.74) is 6.99. The second-order valence-corrected chi connectivity index (χ2v) is 9.19. The van der Waals surface area contributed by atoms with E-state index in [0.717, 1.165) is 11.1 Å². The van der Waals surface area contributed by atoms with Crippen molar-refractivity contribution in [2.75, 3.05) is 4.72 Å². The van der Waals surface area contributed by atoms with Crippen LogP contribution in [0.25, 0.3) is 0 Å². The van der Waals surface area contributed by atoms with Crippen LogP contribution in [0, 0.1) is 27.7 Å². The van der Waals surface area contributed by atoms with Crippen molar-refractivity contribution in [2.45, 2.75) is 39.2 Å². The Bertz CT molecular complexity index is 1180. The van der Waals surface area contributed by atoms with Crippen LogP contribution in [0.2, 0.25) is 0 Å². The molecule has 0 unspecified atom stereocenters. The first-order valence-electron chi connectivity index (χ1n) is 9.85. The van der Waals surface area contributed by atoms with E-state index in [2.05, 4.69) is 10.2 Å². The van der Waals surface area contributed by atoms with E-state index in [1.165, 1.54) is 6.07 Å². The van der Waals surface area contributed by atoms with Gasteiger partial charge >= 0.3 is 0 Å². The second-order valence-electron chi connectivity index (χ2n) is 7.57. The molecule has 2 N–H and O–H groups in total. The molecule has 0 saturated heterocycles. The van der Waals surface area contributed by atoms with Crippen LogP contribution in [0.3, 0.4) is 0 Å². The lowest BCUT2D eigenvalue weighted by atomic mass is 10.1. The van der Waals surface area contributed by atoms with Gasteiger partial charge in [0, 0.05) is 5.56 Å². The topological polar surface area (TPSA) is 84.5 Å². The van der Waals surface area contributed by atoms with Crippen LogP contribution in [0.15, 0.2) is 65.6 Å². The first kappa shape index (κ1) is 22.5. The molecule has 0 aliphatic carbocycles. The van der Waals surface area contributed by atoms with Crippen LogP contribution in [-0.4, -0.2) is 14.3 Å². The monoisotopic (exact) mass is 438 g/mol. The molecule has 7 heteroatoms. The number of carbonyl (C=O) groups excluding carboxylic acids is 1. The number of anilines is 1. The van der Waals surface area contributed by atoms with Crippen molar-refractivity contribution in [3.63, 3.8) is 0 Å². The highest BCUT2D eigenvalue weighted by Crippen LogP contribution is 2.26. The number of hydroxylamine groups is 1. The number of nitrogens with one attached hydrogen (secondary N) is 2. The van der Waals surface area contributed by atoms with Gasteiger partial charge in [-0.3, -0.25) is 14.4 Å². The number of hydrogen-bond donors (Lipinski definition) is 2. The van der Waals surface area contributed by atoms with Crippen LogP contribution in [-0.2, 0) is 21.5 Å². The van der Waals surface area contributed by atoms with E-state index in [0.29, 0.717) is 22.4 Å². The van der Waals surface area contributed by atoms with Gasteiger partial charge in [0.15, 0.2) is 0 Å². The molecule has 0 aliphatic heterocycles. The van der Waals surface area contributed by atoms with Gasteiger partial charge < -0.3 is 0 Å². The van der Waals surface area contributed by atoms with Gasteiger partial charge in [-0.05, 0) is 62.1 Å². The van der Waals surface area contributed by atoms with Crippen molar-refractivity contribution < 1.29 is 18.0 Å². The molecule has 1 amide bonds. The SMILES string of the molecule is Cc1cc(C)c(S(=O)(=O)Nc2cc(C(=O)NOCc3ccccc3)ccc2C)c(C)c1. The number of sulfonamides is 1. The standard InChI is InChI=1S/C24H26N2O4S/c1-16-12-18(3)23(19(4)13-16)31(28,29)26-22-14-21(11-10-17(22)2)24(27)25-30-15-20-8-6-5-7-9-20/h5-14,26H,15H2,1-4H3,(H,25,27). The van der Waals surface area contributed by atoms with Crippen molar-refractivity contribution in [1.82, 2.24) is 5.48 Å². The Hall–Kier alpha value is -3.16. The van der Waals surface area contributed by atoms with E-state index in [1.807, 2.05) is 49.4 Å². The van der Waals surface area contributed by atoms with Crippen molar-refractivity contribution in [1.29, 1.82) is 0 Å². The lowest BCUT2D eigenvalue weighted by Gasteiger charge is -2.16. The molecule has 0 bridgehead atoms. The van der Waals surface area contributed by atoms with E-state index in [4.69, 9.17) is 4.84 Å². The average molecular weight is 439 g/mol. The third-order valence-electron chi connectivity index (χ3n) is 4.86. The fraction of sp³-hybridized carbons (Fsp3) is 0.208. The molecule has 0 spiro atoms.